The van der Waals surface area contributed by atoms with Crippen LogP contribution in [0.2, 0.25) is 0 Å². The van der Waals surface area contributed by atoms with Gasteiger partial charge in [-0.2, -0.15) is 0 Å². The molecule has 0 bridgehead atoms. The summed E-state index contributed by atoms with van der Waals surface area (Å²) in [5.41, 5.74) is 9.12. The smallest absolute Gasteiger partial charge is 0.141 e. The van der Waals surface area contributed by atoms with Gasteiger partial charge in [-0.05, 0) is 32.6 Å². The molecule has 5 heteroatoms. The fourth-order valence-corrected chi connectivity index (χ4v) is 2.55. The largest absolute Gasteiger partial charge is 0.382 e. The third kappa shape index (κ3) is 1.96. The van der Waals surface area contributed by atoms with E-state index in [9.17, 15) is 0 Å². The van der Waals surface area contributed by atoms with Crippen LogP contribution in [0.1, 0.15) is 35.7 Å². The predicted octanol–water partition coefficient (Wildman–Crippen LogP) is 1.49. The van der Waals surface area contributed by atoms with Crippen molar-refractivity contribution in [2.24, 2.45) is 0 Å². The van der Waals surface area contributed by atoms with Crippen LogP contribution in [0.25, 0.3) is 0 Å². The summed E-state index contributed by atoms with van der Waals surface area (Å²) in [5, 5.41) is 0. The summed E-state index contributed by atoms with van der Waals surface area (Å²) >= 11 is 0. The third-order valence-electron chi connectivity index (χ3n) is 3.47. The number of nitrogen functional groups attached to an aromatic ring is 1. The van der Waals surface area contributed by atoms with Crippen molar-refractivity contribution < 1.29 is 0 Å². The average Bonchev–Trinajstić information content (AvgIpc) is 2.69. The second-order valence-electron chi connectivity index (χ2n) is 4.78. The highest BCUT2D eigenvalue weighted by molar-refractivity contribution is 5.24. The number of fused-ring (bicyclic) bond motifs is 1. The molecule has 18 heavy (non-hydrogen) atoms. The summed E-state index contributed by atoms with van der Waals surface area (Å²) < 4.78 is 2.26. The van der Waals surface area contributed by atoms with E-state index in [-0.39, 0.29) is 0 Å². The lowest BCUT2D eigenvalue weighted by Crippen LogP contribution is -2.11. The van der Waals surface area contributed by atoms with Gasteiger partial charge >= 0.3 is 0 Å². The van der Waals surface area contributed by atoms with Gasteiger partial charge in [-0.1, -0.05) is 0 Å². The molecule has 0 saturated carbocycles. The lowest BCUT2D eigenvalue weighted by molar-refractivity contribution is 0.619. The van der Waals surface area contributed by atoms with Crippen LogP contribution >= 0.6 is 0 Å². The highest BCUT2D eigenvalue weighted by Crippen LogP contribution is 2.22. The van der Waals surface area contributed by atoms with E-state index in [0.717, 1.165) is 30.9 Å². The summed E-state index contributed by atoms with van der Waals surface area (Å²) in [7, 11) is 0. The van der Waals surface area contributed by atoms with Gasteiger partial charge in [0.2, 0.25) is 0 Å². The number of rotatable bonds is 2. The lowest BCUT2D eigenvalue weighted by Gasteiger charge is -2.14. The van der Waals surface area contributed by atoms with E-state index in [2.05, 4.69) is 26.4 Å². The van der Waals surface area contributed by atoms with Crippen molar-refractivity contribution in [2.75, 3.05) is 5.73 Å². The second kappa shape index (κ2) is 4.40. The maximum Gasteiger partial charge on any atom is 0.141 e. The first kappa shape index (κ1) is 11.2. The molecule has 1 aliphatic rings. The van der Waals surface area contributed by atoms with Crippen molar-refractivity contribution in [3.8, 4) is 0 Å². The molecule has 2 N–H and O–H groups in total. The van der Waals surface area contributed by atoms with Crippen molar-refractivity contribution in [1.82, 2.24) is 19.5 Å². The van der Waals surface area contributed by atoms with Crippen LogP contribution < -0.4 is 5.73 Å². The number of anilines is 1. The Kier molecular flexibility index (Phi) is 2.74. The minimum absolute atomic E-state index is 0.461. The molecular formula is C13H17N5. The molecular weight excluding hydrogens is 226 g/mol. The summed E-state index contributed by atoms with van der Waals surface area (Å²) in [6, 6.07) is 0. The first-order valence-corrected chi connectivity index (χ1v) is 6.35. The molecule has 5 nitrogen and oxygen atoms in total. The number of nitrogens with two attached hydrogens (primary N) is 1. The molecule has 1 aliphatic carbocycles. The van der Waals surface area contributed by atoms with E-state index in [1.54, 1.807) is 12.4 Å². The van der Waals surface area contributed by atoms with Crippen LogP contribution in [0, 0.1) is 6.92 Å². The molecule has 0 amide bonds. The zero-order valence-corrected chi connectivity index (χ0v) is 10.6. The molecule has 2 aromatic rings. The van der Waals surface area contributed by atoms with E-state index >= 15 is 0 Å². The Balaban J connectivity index is 1.92. The molecule has 2 heterocycles. The number of imidazole rings is 1. The SMILES string of the molecule is Cc1nc2c(n1Cc1cnc(N)cn1)CCCC2. The maximum atomic E-state index is 5.55. The monoisotopic (exact) mass is 243 g/mol. The Morgan fingerprint density at radius 1 is 1.22 bits per heavy atom. The summed E-state index contributed by atoms with van der Waals surface area (Å²) in [4.78, 5) is 13.0. The number of aromatic nitrogens is 4. The quantitative estimate of drug-likeness (QED) is 0.867. The van der Waals surface area contributed by atoms with Crippen molar-refractivity contribution in [3.63, 3.8) is 0 Å². The summed E-state index contributed by atoms with van der Waals surface area (Å²) in [5.74, 6) is 1.53. The molecule has 0 unspecified atom stereocenters. The Labute approximate surface area is 106 Å². The van der Waals surface area contributed by atoms with Crippen LogP contribution in [0.15, 0.2) is 12.4 Å². The zero-order chi connectivity index (χ0) is 12.5. The summed E-state index contributed by atoms with van der Waals surface area (Å²) in [6.07, 6.45) is 8.09. The first-order valence-electron chi connectivity index (χ1n) is 6.35. The van der Waals surface area contributed by atoms with Gasteiger partial charge in [0.15, 0.2) is 0 Å². The average molecular weight is 243 g/mol. The molecule has 0 aliphatic heterocycles. The Morgan fingerprint density at radius 2 is 2.06 bits per heavy atom. The van der Waals surface area contributed by atoms with Crippen molar-refractivity contribution in [1.29, 1.82) is 0 Å². The fourth-order valence-electron chi connectivity index (χ4n) is 2.55. The highest BCUT2D eigenvalue weighted by atomic mass is 15.1. The third-order valence-corrected chi connectivity index (χ3v) is 3.47. The van der Waals surface area contributed by atoms with E-state index in [4.69, 9.17) is 5.73 Å². The predicted molar refractivity (Wildman–Crippen MR) is 69.2 cm³/mol. The number of nitrogens with zero attached hydrogens (tertiary/aromatic N) is 4. The van der Waals surface area contributed by atoms with Gasteiger partial charge in [0.25, 0.3) is 0 Å². The van der Waals surface area contributed by atoms with Crippen LogP contribution in [0.3, 0.4) is 0 Å². The molecule has 0 atom stereocenters. The second-order valence-corrected chi connectivity index (χ2v) is 4.78. The topological polar surface area (TPSA) is 69.6 Å². The van der Waals surface area contributed by atoms with Crippen molar-refractivity contribution in [3.05, 3.63) is 35.3 Å². The first-order chi connectivity index (χ1) is 8.74. The van der Waals surface area contributed by atoms with E-state index < -0.39 is 0 Å². The number of aryl methyl sites for hydroxylation is 2. The molecule has 2 aromatic heterocycles. The number of hydrogen-bond donors (Lipinski definition) is 1. The van der Waals surface area contributed by atoms with Gasteiger partial charge in [0.05, 0.1) is 30.3 Å². The minimum atomic E-state index is 0.461. The van der Waals surface area contributed by atoms with Crippen LogP contribution in [-0.2, 0) is 19.4 Å². The fraction of sp³-hybridized carbons (Fsp3) is 0.462. The Bertz CT molecular complexity index is 556. The van der Waals surface area contributed by atoms with E-state index in [0.29, 0.717) is 5.82 Å². The number of hydrogen-bond acceptors (Lipinski definition) is 4. The summed E-state index contributed by atoms with van der Waals surface area (Å²) in [6.45, 7) is 2.80. The maximum absolute atomic E-state index is 5.55. The van der Waals surface area contributed by atoms with Gasteiger partial charge in [0, 0.05) is 5.69 Å². The van der Waals surface area contributed by atoms with E-state index in [1.807, 2.05) is 0 Å². The Hall–Kier alpha value is -1.91. The molecule has 0 radical (unpaired) electrons. The standard InChI is InChI=1S/C13H17N5/c1-9-17-11-4-2-3-5-12(11)18(9)8-10-6-16-13(14)7-15-10/h6-7H,2-5,8H2,1H3,(H2,14,16). The minimum Gasteiger partial charge on any atom is -0.382 e. The zero-order valence-electron chi connectivity index (χ0n) is 10.6. The van der Waals surface area contributed by atoms with Gasteiger partial charge < -0.3 is 10.3 Å². The highest BCUT2D eigenvalue weighted by Gasteiger charge is 2.18. The molecule has 0 aromatic carbocycles. The van der Waals surface area contributed by atoms with Crippen molar-refractivity contribution >= 4 is 5.82 Å². The van der Waals surface area contributed by atoms with Gasteiger partial charge in [-0.15, -0.1) is 0 Å². The van der Waals surface area contributed by atoms with Crippen LogP contribution in [-0.4, -0.2) is 19.5 Å². The van der Waals surface area contributed by atoms with Gasteiger partial charge in [0.1, 0.15) is 11.6 Å². The molecule has 0 spiro atoms. The van der Waals surface area contributed by atoms with Crippen molar-refractivity contribution in [2.45, 2.75) is 39.2 Å². The van der Waals surface area contributed by atoms with Gasteiger partial charge in [-0.3, -0.25) is 4.98 Å². The molecule has 94 valence electrons. The van der Waals surface area contributed by atoms with Gasteiger partial charge in [-0.25, -0.2) is 9.97 Å². The Morgan fingerprint density at radius 3 is 2.83 bits per heavy atom. The molecule has 3 rings (SSSR count). The normalized spacial score (nSPS) is 14.5. The van der Waals surface area contributed by atoms with Crippen LogP contribution in [0.4, 0.5) is 5.82 Å². The molecule has 0 saturated heterocycles. The lowest BCUT2D eigenvalue weighted by atomic mass is 10.0. The van der Waals surface area contributed by atoms with Crippen LogP contribution in [0.5, 0.6) is 0 Å². The molecule has 0 fully saturated rings. The van der Waals surface area contributed by atoms with E-state index in [1.165, 1.54) is 24.2 Å².